The summed E-state index contributed by atoms with van der Waals surface area (Å²) in [6.45, 7) is 8.67. The molecule has 0 aliphatic carbocycles. The zero-order valence-corrected chi connectivity index (χ0v) is 11.8. The van der Waals surface area contributed by atoms with Crippen LogP contribution in [0.5, 0.6) is 0 Å². The predicted octanol–water partition coefficient (Wildman–Crippen LogP) is 2.89. The molecule has 0 unspecified atom stereocenters. The fourth-order valence-corrected chi connectivity index (χ4v) is 1.48. The quantitative estimate of drug-likeness (QED) is 0.771. The highest BCUT2D eigenvalue weighted by Crippen LogP contribution is 2.14. The van der Waals surface area contributed by atoms with Gasteiger partial charge in [-0.1, -0.05) is 27.7 Å². The number of rotatable bonds is 2. The van der Waals surface area contributed by atoms with Gasteiger partial charge in [0.05, 0.1) is 6.26 Å². The third-order valence-electron chi connectivity index (χ3n) is 2.82. The molecule has 1 aliphatic heterocycles. The Kier molecular flexibility index (Phi) is 5.55. The van der Waals surface area contributed by atoms with Crippen LogP contribution in [0.4, 0.5) is 0 Å². The monoisotopic (exact) mass is 264 g/mol. The van der Waals surface area contributed by atoms with E-state index in [-0.39, 0.29) is 11.6 Å². The molecular formula is C15H20O4. The van der Waals surface area contributed by atoms with Crippen LogP contribution in [-0.2, 0) is 9.53 Å². The minimum absolute atomic E-state index is 0.196. The second-order valence-corrected chi connectivity index (χ2v) is 5.02. The van der Waals surface area contributed by atoms with E-state index in [1.807, 2.05) is 33.8 Å². The van der Waals surface area contributed by atoms with Crippen molar-refractivity contribution >= 4 is 5.97 Å². The third-order valence-corrected chi connectivity index (χ3v) is 2.82. The van der Waals surface area contributed by atoms with Gasteiger partial charge in [0.25, 0.3) is 0 Å². The van der Waals surface area contributed by atoms with E-state index in [9.17, 15) is 9.59 Å². The molecule has 19 heavy (non-hydrogen) atoms. The van der Waals surface area contributed by atoms with Gasteiger partial charge in [-0.2, -0.15) is 0 Å². The highest BCUT2D eigenvalue weighted by molar-refractivity contribution is 5.85. The molecule has 0 atom stereocenters. The number of carbonyl (C=O) groups excluding carboxylic acids is 1. The van der Waals surface area contributed by atoms with Crippen LogP contribution in [0.2, 0.25) is 0 Å². The number of carbonyl (C=O) groups is 1. The van der Waals surface area contributed by atoms with E-state index < -0.39 is 0 Å². The van der Waals surface area contributed by atoms with Crippen LogP contribution in [0.25, 0.3) is 0 Å². The van der Waals surface area contributed by atoms with Crippen LogP contribution in [0.15, 0.2) is 39.3 Å². The molecule has 1 aliphatic rings. The van der Waals surface area contributed by atoms with Crippen molar-refractivity contribution in [2.45, 2.75) is 33.6 Å². The average Bonchev–Trinajstić information content (AvgIpc) is 2.77. The largest absolute Gasteiger partial charge is 0.458 e. The maximum Gasteiger partial charge on any atom is 0.335 e. The number of ether oxygens (including phenoxy) is 1. The van der Waals surface area contributed by atoms with Crippen LogP contribution in [0.3, 0.4) is 0 Å². The standard InChI is InChI=1S/C8H10O2.C7H10O2/c1-6(2)7-3-4-10-8(9)5-7;1-5(2)6-3-7(8)9-4-6/h3-6H,1-2H3;3,5H,4H2,1-2H3. The van der Waals surface area contributed by atoms with Crippen molar-refractivity contribution in [3.8, 4) is 0 Å². The number of hydrogen-bond donors (Lipinski definition) is 0. The first-order chi connectivity index (χ1) is 8.90. The second kappa shape index (κ2) is 6.92. The van der Waals surface area contributed by atoms with E-state index in [4.69, 9.17) is 4.74 Å². The molecule has 0 aromatic carbocycles. The lowest BCUT2D eigenvalue weighted by atomic mass is 10.1. The summed E-state index contributed by atoms with van der Waals surface area (Å²) < 4.78 is 9.26. The van der Waals surface area contributed by atoms with Crippen molar-refractivity contribution < 1.29 is 13.9 Å². The third kappa shape index (κ3) is 5.12. The van der Waals surface area contributed by atoms with Crippen molar-refractivity contribution in [2.75, 3.05) is 6.61 Å². The van der Waals surface area contributed by atoms with E-state index in [1.54, 1.807) is 6.08 Å². The summed E-state index contributed by atoms with van der Waals surface area (Å²) in [5, 5.41) is 0. The first kappa shape index (κ1) is 15.2. The van der Waals surface area contributed by atoms with E-state index in [0.29, 0.717) is 18.4 Å². The molecule has 0 radical (unpaired) electrons. The van der Waals surface area contributed by atoms with Crippen molar-refractivity contribution in [3.63, 3.8) is 0 Å². The molecule has 0 saturated heterocycles. The minimum Gasteiger partial charge on any atom is -0.458 e. The van der Waals surface area contributed by atoms with Crippen LogP contribution in [0, 0.1) is 5.92 Å². The molecule has 4 heteroatoms. The summed E-state index contributed by atoms with van der Waals surface area (Å²) in [5.41, 5.74) is 1.85. The first-order valence-corrected chi connectivity index (χ1v) is 6.36. The zero-order chi connectivity index (χ0) is 14.4. The van der Waals surface area contributed by atoms with Crippen LogP contribution in [0.1, 0.15) is 39.2 Å². The molecular weight excluding hydrogens is 244 g/mol. The van der Waals surface area contributed by atoms with Crippen molar-refractivity contribution in [2.24, 2.45) is 5.92 Å². The van der Waals surface area contributed by atoms with Gasteiger partial charge >= 0.3 is 11.6 Å². The van der Waals surface area contributed by atoms with Crippen molar-refractivity contribution in [1.29, 1.82) is 0 Å². The van der Waals surface area contributed by atoms with E-state index in [0.717, 1.165) is 11.1 Å². The minimum atomic E-state index is -0.272. The lowest BCUT2D eigenvalue weighted by Gasteiger charge is -2.00. The van der Waals surface area contributed by atoms with E-state index >= 15 is 0 Å². The summed E-state index contributed by atoms with van der Waals surface area (Å²) in [6.07, 6.45) is 3.00. The molecule has 0 bridgehead atoms. The zero-order valence-electron chi connectivity index (χ0n) is 11.8. The van der Waals surface area contributed by atoms with Crippen LogP contribution < -0.4 is 5.63 Å². The summed E-state index contributed by atoms with van der Waals surface area (Å²) in [6, 6.07) is 3.33. The lowest BCUT2D eigenvalue weighted by Crippen LogP contribution is -1.98. The molecule has 2 rings (SSSR count). The smallest absolute Gasteiger partial charge is 0.335 e. The van der Waals surface area contributed by atoms with Gasteiger partial charge in [0, 0.05) is 12.1 Å². The highest BCUT2D eigenvalue weighted by Gasteiger charge is 2.14. The maximum absolute atomic E-state index is 10.6. The Labute approximate surface area is 113 Å². The summed E-state index contributed by atoms with van der Waals surface area (Å²) in [4.78, 5) is 21.1. The maximum atomic E-state index is 10.6. The molecule has 4 nitrogen and oxygen atoms in total. The predicted molar refractivity (Wildman–Crippen MR) is 72.9 cm³/mol. The molecule has 104 valence electrons. The molecule has 0 fully saturated rings. The summed E-state index contributed by atoms with van der Waals surface area (Å²) in [5.74, 6) is 0.638. The Bertz CT molecular complexity index is 509. The van der Waals surface area contributed by atoms with Crippen molar-refractivity contribution in [1.82, 2.24) is 0 Å². The Morgan fingerprint density at radius 2 is 1.79 bits per heavy atom. The summed E-state index contributed by atoms with van der Waals surface area (Å²) >= 11 is 0. The van der Waals surface area contributed by atoms with Gasteiger partial charge in [-0.15, -0.1) is 0 Å². The van der Waals surface area contributed by atoms with Gasteiger partial charge < -0.3 is 9.15 Å². The lowest BCUT2D eigenvalue weighted by molar-refractivity contribution is -0.134. The van der Waals surface area contributed by atoms with Crippen LogP contribution in [-0.4, -0.2) is 12.6 Å². The molecule has 0 N–H and O–H groups in total. The van der Waals surface area contributed by atoms with Gasteiger partial charge in [-0.25, -0.2) is 9.59 Å². The van der Waals surface area contributed by atoms with E-state index in [2.05, 4.69) is 4.42 Å². The Hall–Kier alpha value is -1.84. The average molecular weight is 264 g/mol. The fraction of sp³-hybridized carbons (Fsp3) is 0.467. The molecule has 1 aromatic rings. The molecule has 1 aromatic heterocycles. The Morgan fingerprint density at radius 1 is 1.11 bits per heavy atom. The Morgan fingerprint density at radius 3 is 2.11 bits per heavy atom. The molecule has 2 heterocycles. The van der Waals surface area contributed by atoms with Gasteiger partial charge in [-0.05, 0) is 29.0 Å². The second-order valence-electron chi connectivity index (χ2n) is 5.02. The molecule has 0 spiro atoms. The fourth-order valence-electron chi connectivity index (χ4n) is 1.48. The Balaban J connectivity index is 0.000000191. The van der Waals surface area contributed by atoms with Gasteiger partial charge in [0.1, 0.15) is 6.61 Å². The topological polar surface area (TPSA) is 56.5 Å². The van der Waals surface area contributed by atoms with Gasteiger partial charge in [0.15, 0.2) is 0 Å². The van der Waals surface area contributed by atoms with Gasteiger partial charge in [-0.3, -0.25) is 0 Å². The highest BCUT2D eigenvalue weighted by atomic mass is 16.5. The first-order valence-electron chi connectivity index (χ1n) is 6.36. The molecule has 0 amide bonds. The van der Waals surface area contributed by atoms with Gasteiger partial charge in [0.2, 0.25) is 0 Å². The number of esters is 1. The SMILES string of the molecule is CC(C)C1=CC(=O)OC1.CC(C)c1ccoc(=O)c1. The van der Waals surface area contributed by atoms with Crippen molar-refractivity contribution in [3.05, 3.63) is 46.0 Å². The summed E-state index contributed by atoms with van der Waals surface area (Å²) in [7, 11) is 0. The molecule has 0 saturated carbocycles. The normalized spacial score (nSPS) is 14.0. The number of hydrogen-bond acceptors (Lipinski definition) is 4. The van der Waals surface area contributed by atoms with E-state index in [1.165, 1.54) is 12.3 Å². The van der Waals surface area contributed by atoms with Crippen LogP contribution >= 0.6 is 0 Å². The number of cyclic esters (lactones) is 1.